The molecule has 0 radical (unpaired) electrons. The molecular formula is C35H38N6O7. The summed E-state index contributed by atoms with van der Waals surface area (Å²) in [5.41, 5.74) is 9.76. The predicted octanol–water partition coefficient (Wildman–Crippen LogP) is 1.63. The van der Waals surface area contributed by atoms with Crippen LogP contribution >= 0.6 is 0 Å². The van der Waals surface area contributed by atoms with E-state index in [2.05, 4.69) is 25.9 Å². The summed E-state index contributed by atoms with van der Waals surface area (Å²) in [5, 5.41) is 39.4. The number of aromatic amines is 2. The quantitative estimate of drug-likeness (QED) is 0.0854. The summed E-state index contributed by atoms with van der Waals surface area (Å²) in [6.07, 6.45) is 2.07. The Kier molecular flexibility index (Phi) is 10.4. The maximum Gasteiger partial charge on any atom is 0.326 e. The molecule has 10 N–H and O–H groups in total. The molecule has 3 amide bonds. The molecule has 0 saturated carbocycles. The zero-order valence-electron chi connectivity index (χ0n) is 26.1. The van der Waals surface area contributed by atoms with Gasteiger partial charge in [0.25, 0.3) is 0 Å². The van der Waals surface area contributed by atoms with Crippen LogP contribution in [0.3, 0.4) is 0 Å². The molecule has 0 aliphatic rings. The predicted molar refractivity (Wildman–Crippen MR) is 179 cm³/mol. The number of aromatic nitrogens is 2. The van der Waals surface area contributed by atoms with Gasteiger partial charge in [-0.2, -0.15) is 0 Å². The van der Waals surface area contributed by atoms with Gasteiger partial charge in [-0.15, -0.1) is 0 Å². The minimum Gasteiger partial charge on any atom is -0.508 e. The van der Waals surface area contributed by atoms with Crippen LogP contribution in [-0.2, 0) is 38.4 Å². The molecule has 48 heavy (non-hydrogen) atoms. The summed E-state index contributed by atoms with van der Waals surface area (Å²) >= 11 is 0. The minimum atomic E-state index is -1.48. The largest absolute Gasteiger partial charge is 0.508 e. The maximum absolute atomic E-state index is 13.8. The highest BCUT2D eigenvalue weighted by Crippen LogP contribution is 2.21. The van der Waals surface area contributed by atoms with Crippen LogP contribution in [-0.4, -0.2) is 79.2 Å². The van der Waals surface area contributed by atoms with E-state index < -0.39 is 54.0 Å². The Morgan fingerprint density at radius 3 is 1.77 bits per heavy atom. The SMILES string of the molecule is CC(O)C(NC(=O)C(N)Cc1ccc(O)cc1)C(=O)NC(Cc1c[nH]c2ccccc12)C(=O)NC(Cc1c[nH]c2ccccc12)C(=O)O. The molecular weight excluding hydrogens is 616 g/mol. The molecule has 0 bridgehead atoms. The lowest BCUT2D eigenvalue weighted by Gasteiger charge is -2.26. The first-order chi connectivity index (χ1) is 23.0. The summed E-state index contributed by atoms with van der Waals surface area (Å²) in [6.45, 7) is 1.31. The van der Waals surface area contributed by atoms with Gasteiger partial charge in [0.05, 0.1) is 12.1 Å². The van der Waals surface area contributed by atoms with Gasteiger partial charge in [0.2, 0.25) is 17.7 Å². The number of carbonyl (C=O) groups excluding carboxylic acids is 3. The average Bonchev–Trinajstić information content (AvgIpc) is 3.67. The van der Waals surface area contributed by atoms with Crippen molar-refractivity contribution in [3.63, 3.8) is 0 Å². The van der Waals surface area contributed by atoms with Crippen molar-refractivity contribution in [1.82, 2.24) is 25.9 Å². The fourth-order valence-electron chi connectivity index (χ4n) is 5.63. The number of carbonyl (C=O) groups is 4. The molecule has 0 saturated heterocycles. The molecule has 0 fully saturated rings. The Hall–Kier alpha value is -5.66. The van der Waals surface area contributed by atoms with E-state index in [4.69, 9.17) is 5.73 Å². The number of carboxylic acids is 1. The monoisotopic (exact) mass is 654 g/mol. The lowest BCUT2D eigenvalue weighted by molar-refractivity contribution is -0.142. The van der Waals surface area contributed by atoms with Crippen LogP contribution < -0.4 is 21.7 Å². The molecule has 2 aromatic heterocycles. The van der Waals surface area contributed by atoms with Crippen molar-refractivity contribution < 1.29 is 34.5 Å². The fraction of sp³-hybridized carbons (Fsp3) is 0.257. The van der Waals surface area contributed by atoms with E-state index in [0.29, 0.717) is 16.7 Å². The van der Waals surface area contributed by atoms with Gasteiger partial charge in [-0.1, -0.05) is 48.5 Å². The summed E-state index contributed by atoms with van der Waals surface area (Å²) in [6, 6.07) is 15.7. The van der Waals surface area contributed by atoms with E-state index >= 15 is 0 Å². The second-order valence-corrected chi connectivity index (χ2v) is 11.8. The molecule has 13 nitrogen and oxygen atoms in total. The molecule has 5 unspecified atom stereocenters. The summed E-state index contributed by atoms with van der Waals surface area (Å²) < 4.78 is 0. The smallest absolute Gasteiger partial charge is 0.326 e. The number of nitrogens with one attached hydrogen (secondary N) is 5. The molecule has 250 valence electrons. The number of aliphatic hydroxyl groups excluding tert-OH is 1. The Labute approximate surface area is 275 Å². The molecule has 0 spiro atoms. The third-order valence-electron chi connectivity index (χ3n) is 8.24. The van der Waals surface area contributed by atoms with Crippen molar-refractivity contribution in [3.05, 3.63) is 102 Å². The molecule has 3 aromatic carbocycles. The average molecular weight is 655 g/mol. The molecule has 5 atom stereocenters. The number of para-hydroxylation sites is 2. The first kappa shape index (κ1) is 33.7. The number of benzene rings is 3. The zero-order valence-corrected chi connectivity index (χ0v) is 26.1. The number of aromatic hydroxyl groups is 1. The summed E-state index contributed by atoms with van der Waals surface area (Å²) in [7, 11) is 0. The van der Waals surface area contributed by atoms with Crippen LogP contribution in [0.2, 0.25) is 0 Å². The van der Waals surface area contributed by atoms with Crippen LogP contribution in [0.1, 0.15) is 23.6 Å². The summed E-state index contributed by atoms with van der Waals surface area (Å²) in [4.78, 5) is 59.0. The van der Waals surface area contributed by atoms with Crippen LogP contribution in [0, 0.1) is 0 Å². The Balaban J connectivity index is 1.35. The second kappa shape index (κ2) is 14.8. The van der Waals surface area contributed by atoms with Crippen molar-refractivity contribution in [1.29, 1.82) is 0 Å². The standard InChI is InChI=1S/C35H38N6O7/c1-19(42)31(41-32(44)26(36)14-20-10-12-23(43)13-11-20)34(46)39-29(15-21-17-37-27-8-4-2-6-24(21)27)33(45)40-30(35(47)48)16-22-18-38-28-9-5-3-7-25(22)28/h2-13,17-19,26,29-31,37-38,42-43H,14-16,36H2,1H3,(H,39,46)(H,40,45)(H,41,44)(H,47,48). The Bertz CT molecular complexity index is 1920. The van der Waals surface area contributed by atoms with Gasteiger partial charge in [0, 0.05) is 47.0 Å². The highest BCUT2D eigenvalue weighted by atomic mass is 16.4. The number of phenolic OH excluding ortho intramolecular Hbond substituents is 1. The third kappa shape index (κ3) is 8.00. The van der Waals surface area contributed by atoms with Crippen molar-refractivity contribution in [2.45, 2.75) is 56.5 Å². The number of carboxylic acid groups (broad SMARTS) is 1. The van der Waals surface area contributed by atoms with Gasteiger partial charge >= 0.3 is 5.97 Å². The topological polar surface area (TPSA) is 223 Å². The first-order valence-electron chi connectivity index (χ1n) is 15.5. The Morgan fingerprint density at radius 1 is 0.708 bits per heavy atom. The van der Waals surface area contributed by atoms with Crippen molar-refractivity contribution in [3.8, 4) is 5.75 Å². The third-order valence-corrected chi connectivity index (χ3v) is 8.24. The highest BCUT2D eigenvalue weighted by molar-refractivity contribution is 5.95. The number of hydrogen-bond donors (Lipinski definition) is 9. The normalized spacial score (nSPS) is 14.5. The van der Waals surface area contributed by atoms with E-state index in [1.807, 2.05) is 48.5 Å². The van der Waals surface area contributed by atoms with E-state index in [9.17, 15) is 34.5 Å². The van der Waals surface area contributed by atoms with Crippen molar-refractivity contribution in [2.75, 3.05) is 0 Å². The van der Waals surface area contributed by atoms with Gasteiger partial charge in [0.1, 0.15) is 23.9 Å². The number of H-pyrrole nitrogens is 2. The van der Waals surface area contributed by atoms with Gasteiger partial charge in [-0.25, -0.2) is 4.79 Å². The number of rotatable bonds is 14. The number of amides is 3. The van der Waals surface area contributed by atoms with Crippen molar-refractivity contribution in [2.24, 2.45) is 5.73 Å². The van der Waals surface area contributed by atoms with Gasteiger partial charge in [-0.3, -0.25) is 14.4 Å². The van der Waals surface area contributed by atoms with Gasteiger partial charge in [0.15, 0.2) is 0 Å². The molecule has 5 rings (SSSR count). The number of fused-ring (bicyclic) bond motifs is 2. The van der Waals surface area contributed by atoms with E-state index in [1.54, 1.807) is 24.5 Å². The highest BCUT2D eigenvalue weighted by Gasteiger charge is 2.33. The first-order valence-corrected chi connectivity index (χ1v) is 15.5. The second-order valence-electron chi connectivity index (χ2n) is 11.8. The number of hydrogen-bond acceptors (Lipinski definition) is 7. The minimum absolute atomic E-state index is 0.0237. The van der Waals surface area contributed by atoms with Gasteiger partial charge < -0.3 is 47.0 Å². The summed E-state index contributed by atoms with van der Waals surface area (Å²) in [5.74, 6) is -3.55. The van der Waals surface area contributed by atoms with E-state index in [-0.39, 0.29) is 25.0 Å². The number of aliphatic hydroxyl groups is 1. The van der Waals surface area contributed by atoms with Crippen molar-refractivity contribution >= 4 is 45.5 Å². The number of nitrogens with two attached hydrogens (primary N) is 1. The Morgan fingerprint density at radius 2 is 1.23 bits per heavy atom. The van der Waals surface area contributed by atoms with Gasteiger partial charge in [-0.05, 0) is 54.3 Å². The van der Waals surface area contributed by atoms with E-state index in [1.165, 1.54) is 19.1 Å². The number of phenols is 1. The molecule has 13 heteroatoms. The molecule has 2 heterocycles. The van der Waals surface area contributed by atoms with Crippen LogP contribution in [0.25, 0.3) is 21.8 Å². The lowest BCUT2D eigenvalue weighted by atomic mass is 10.0. The lowest BCUT2D eigenvalue weighted by Crippen LogP contribution is -2.60. The fourth-order valence-corrected chi connectivity index (χ4v) is 5.63. The molecule has 0 aliphatic heterocycles. The number of aliphatic carboxylic acids is 1. The molecule has 5 aromatic rings. The van der Waals surface area contributed by atoms with Crippen LogP contribution in [0.4, 0.5) is 0 Å². The van der Waals surface area contributed by atoms with Crippen LogP contribution in [0.5, 0.6) is 5.75 Å². The van der Waals surface area contributed by atoms with Crippen LogP contribution in [0.15, 0.2) is 85.2 Å². The zero-order chi connectivity index (χ0) is 34.4. The molecule has 0 aliphatic carbocycles. The van der Waals surface area contributed by atoms with E-state index in [0.717, 1.165) is 21.8 Å². The maximum atomic E-state index is 13.8.